The van der Waals surface area contributed by atoms with Crippen LogP contribution in [0.4, 0.5) is 0 Å². The molecule has 1 unspecified atom stereocenters. The fourth-order valence-corrected chi connectivity index (χ4v) is 5.09. The van der Waals surface area contributed by atoms with Crippen molar-refractivity contribution >= 4 is 6.08 Å². The SMILES string of the molecule is OC(/C=C\c1ccc(OCc2ccccc2)cc1OCc1ccccc1)c1ccc(OCc2ccccc2)cc1OCc1ccccc1. The molecule has 6 rings (SSSR count). The van der Waals surface area contributed by atoms with Crippen LogP contribution in [0, 0.1) is 0 Å². The van der Waals surface area contributed by atoms with E-state index in [1.165, 1.54) is 0 Å². The van der Waals surface area contributed by atoms with Gasteiger partial charge in [0.15, 0.2) is 0 Å². The molecule has 6 aromatic carbocycles. The lowest BCUT2D eigenvalue weighted by Gasteiger charge is -2.17. The van der Waals surface area contributed by atoms with Crippen LogP contribution in [0.2, 0.25) is 0 Å². The third kappa shape index (κ3) is 9.38. The zero-order chi connectivity index (χ0) is 32.8. The Hall–Kier alpha value is -5.78. The molecule has 0 aromatic heterocycles. The van der Waals surface area contributed by atoms with E-state index in [1.807, 2.05) is 164 Å². The first kappa shape index (κ1) is 32.2. The Morgan fingerprint density at radius 1 is 0.438 bits per heavy atom. The Morgan fingerprint density at radius 2 is 0.833 bits per heavy atom. The van der Waals surface area contributed by atoms with Gasteiger partial charge in [0.1, 0.15) is 55.5 Å². The predicted octanol–water partition coefficient (Wildman–Crippen LogP) is 9.75. The molecule has 1 N–H and O–H groups in total. The zero-order valence-electron chi connectivity index (χ0n) is 26.7. The van der Waals surface area contributed by atoms with E-state index in [1.54, 1.807) is 6.08 Å². The summed E-state index contributed by atoms with van der Waals surface area (Å²) in [7, 11) is 0. The van der Waals surface area contributed by atoms with Crippen LogP contribution in [0.5, 0.6) is 23.0 Å². The quantitative estimate of drug-likeness (QED) is 0.122. The van der Waals surface area contributed by atoms with E-state index >= 15 is 0 Å². The normalized spacial score (nSPS) is 11.6. The summed E-state index contributed by atoms with van der Waals surface area (Å²) in [5, 5.41) is 11.4. The molecule has 5 nitrogen and oxygen atoms in total. The second kappa shape index (κ2) is 16.7. The van der Waals surface area contributed by atoms with Gasteiger partial charge in [-0.2, -0.15) is 0 Å². The van der Waals surface area contributed by atoms with E-state index in [0.717, 1.165) is 27.8 Å². The van der Waals surface area contributed by atoms with Crippen molar-refractivity contribution in [3.63, 3.8) is 0 Å². The van der Waals surface area contributed by atoms with Gasteiger partial charge in [-0.15, -0.1) is 0 Å². The molecule has 0 radical (unpaired) electrons. The monoisotopic (exact) mass is 634 g/mol. The number of aliphatic hydroxyl groups excluding tert-OH is 1. The first-order valence-electron chi connectivity index (χ1n) is 16.0. The third-order valence-corrected chi connectivity index (χ3v) is 7.72. The van der Waals surface area contributed by atoms with Crippen molar-refractivity contribution in [3.05, 3.63) is 197 Å². The van der Waals surface area contributed by atoms with Gasteiger partial charge in [-0.3, -0.25) is 0 Å². The van der Waals surface area contributed by atoms with E-state index in [-0.39, 0.29) is 0 Å². The smallest absolute Gasteiger partial charge is 0.130 e. The molecule has 0 aliphatic heterocycles. The van der Waals surface area contributed by atoms with Gasteiger partial charge in [-0.1, -0.05) is 133 Å². The number of ether oxygens (including phenoxy) is 4. The average molecular weight is 635 g/mol. The lowest BCUT2D eigenvalue weighted by molar-refractivity contribution is 0.216. The minimum absolute atomic E-state index is 0.355. The number of hydrogen-bond donors (Lipinski definition) is 1. The Kier molecular flexibility index (Phi) is 11.2. The Balaban J connectivity index is 1.22. The van der Waals surface area contributed by atoms with Gasteiger partial charge < -0.3 is 24.1 Å². The molecule has 0 saturated heterocycles. The fraction of sp³-hybridized carbons (Fsp3) is 0.116. The first-order valence-corrected chi connectivity index (χ1v) is 16.0. The van der Waals surface area contributed by atoms with Gasteiger partial charge in [0, 0.05) is 23.3 Å². The van der Waals surface area contributed by atoms with Gasteiger partial charge >= 0.3 is 0 Å². The minimum atomic E-state index is -0.949. The van der Waals surface area contributed by atoms with Crippen LogP contribution in [0.3, 0.4) is 0 Å². The molecule has 48 heavy (non-hydrogen) atoms. The Labute approximate surface area is 282 Å². The number of aliphatic hydroxyl groups is 1. The molecule has 0 spiro atoms. The highest BCUT2D eigenvalue weighted by atomic mass is 16.5. The van der Waals surface area contributed by atoms with Crippen molar-refractivity contribution in [2.45, 2.75) is 32.5 Å². The molecule has 5 heteroatoms. The molecule has 0 saturated carbocycles. The maximum absolute atomic E-state index is 11.4. The van der Waals surface area contributed by atoms with Gasteiger partial charge in [0.2, 0.25) is 0 Å². The van der Waals surface area contributed by atoms with Gasteiger partial charge in [0.25, 0.3) is 0 Å². The van der Waals surface area contributed by atoms with Crippen LogP contribution in [-0.2, 0) is 26.4 Å². The molecule has 0 heterocycles. The summed E-state index contributed by atoms with van der Waals surface area (Å²) in [5.41, 5.74) is 5.67. The number of benzene rings is 6. The van der Waals surface area contributed by atoms with Crippen LogP contribution in [0.1, 0.15) is 39.5 Å². The van der Waals surface area contributed by atoms with Crippen molar-refractivity contribution in [3.8, 4) is 23.0 Å². The molecule has 0 amide bonds. The van der Waals surface area contributed by atoms with Crippen LogP contribution in [-0.4, -0.2) is 5.11 Å². The van der Waals surface area contributed by atoms with Crippen molar-refractivity contribution < 1.29 is 24.1 Å². The van der Waals surface area contributed by atoms with E-state index < -0.39 is 6.10 Å². The van der Waals surface area contributed by atoms with Crippen molar-refractivity contribution in [1.29, 1.82) is 0 Å². The Bertz CT molecular complexity index is 1870. The van der Waals surface area contributed by atoms with E-state index in [9.17, 15) is 5.11 Å². The lowest BCUT2D eigenvalue weighted by atomic mass is 10.1. The predicted molar refractivity (Wildman–Crippen MR) is 190 cm³/mol. The molecule has 0 aliphatic rings. The highest BCUT2D eigenvalue weighted by Gasteiger charge is 2.14. The van der Waals surface area contributed by atoms with Crippen LogP contribution in [0.25, 0.3) is 6.08 Å². The van der Waals surface area contributed by atoms with E-state index in [0.29, 0.717) is 55.0 Å². The second-order valence-corrected chi connectivity index (χ2v) is 11.3. The zero-order valence-corrected chi connectivity index (χ0v) is 26.7. The van der Waals surface area contributed by atoms with Crippen LogP contribution >= 0.6 is 0 Å². The summed E-state index contributed by atoms with van der Waals surface area (Å²) >= 11 is 0. The lowest BCUT2D eigenvalue weighted by Crippen LogP contribution is -2.03. The van der Waals surface area contributed by atoms with E-state index in [2.05, 4.69) is 0 Å². The topological polar surface area (TPSA) is 57.2 Å². The molecule has 1 atom stereocenters. The molecule has 240 valence electrons. The minimum Gasteiger partial charge on any atom is -0.489 e. The van der Waals surface area contributed by atoms with Gasteiger partial charge in [-0.25, -0.2) is 0 Å². The van der Waals surface area contributed by atoms with Crippen molar-refractivity contribution in [2.24, 2.45) is 0 Å². The summed E-state index contributed by atoms with van der Waals surface area (Å²) in [6.45, 7) is 1.63. The van der Waals surface area contributed by atoms with E-state index in [4.69, 9.17) is 18.9 Å². The number of rotatable bonds is 15. The van der Waals surface area contributed by atoms with Gasteiger partial charge in [-0.05, 0) is 46.5 Å². The molecule has 0 aliphatic carbocycles. The maximum atomic E-state index is 11.4. The molecule has 6 aromatic rings. The van der Waals surface area contributed by atoms with Crippen molar-refractivity contribution in [2.75, 3.05) is 0 Å². The second-order valence-electron chi connectivity index (χ2n) is 11.3. The fourth-order valence-electron chi connectivity index (χ4n) is 5.09. The average Bonchev–Trinajstić information content (AvgIpc) is 3.15. The molecule has 0 fully saturated rings. The molecule has 0 bridgehead atoms. The van der Waals surface area contributed by atoms with Crippen LogP contribution < -0.4 is 18.9 Å². The standard InChI is InChI=1S/C43H38O5/c44-41(40-25-24-39(46-30-34-15-7-2-8-16-34)28-43(40)48-32-36-19-11-4-12-20-36)26-22-37-21-23-38(45-29-33-13-5-1-6-14-33)27-42(37)47-31-35-17-9-3-10-18-35/h1-28,41,44H,29-32H2/b26-22-. The summed E-state index contributed by atoms with van der Waals surface area (Å²) < 4.78 is 24.7. The number of hydrogen-bond acceptors (Lipinski definition) is 5. The summed E-state index contributed by atoms with van der Waals surface area (Å²) in [6, 6.07) is 51.3. The summed E-state index contributed by atoms with van der Waals surface area (Å²) in [6.07, 6.45) is 2.66. The molecular weight excluding hydrogens is 596 g/mol. The Morgan fingerprint density at radius 3 is 1.31 bits per heavy atom. The summed E-state index contributed by atoms with van der Waals surface area (Å²) in [5.74, 6) is 2.55. The highest BCUT2D eigenvalue weighted by molar-refractivity contribution is 5.60. The third-order valence-electron chi connectivity index (χ3n) is 7.72. The van der Waals surface area contributed by atoms with Crippen molar-refractivity contribution in [1.82, 2.24) is 0 Å². The largest absolute Gasteiger partial charge is 0.489 e. The molecular formula is C43H38O5. The first-order chi connectivity index (χ1) is 23.7. The maximum Gasteiger partial charge on any atom is 0.130 e. The van der Waals surface area contributed by atoms with Gasteiger partial charge in [0.05, 0.1) is 0 Å². The van der Waals surface area contributed by atoms with Crippen LogP contribution in [0.15, 0.2) is 164 Å². The summed E-state index contributed by atoms with van der Waals surface area (Å²) in [4.78, 5) is 0. The highest BCUT2D eigenvalue weighted by Crippen LogP contribution is 2.33.